The van der Waals surface area contributed by atoms with E-state index in [1.807, 2.05) is 26.0 Å². The molecule has 1 aromatic carbocycles. The van der Waals surface area contributed by atoms with Gasteiger partial charge in [0.05, 0.1) is 25.9 Å². The summed E-state index contributed by atoms with van der Waals surface area (Å²) in [5.41, 5.74) is 1.47. The molecule has 0 aliphatic carbocycles. The maximum absolute atomic E-state index is 12.8. The molecule has 0 bridgehead atoms. The van der Waals surface area contributed by atoms with E-state index < -0.39 is 20.5 Å². The van der Waals surface area contributed by atoms with Crippen LogP contribution in [0.4, 0.5) is 5.69 Å². The van der Waals surface area contributed by atoms with E-state index >= 15 is 0 Å². The summed E-state index contributed by atoms with van der Waals surface area (Å²) in [6.07, 6.45) is 1.86. The van der Waals surface area contributed by atoms with Gasteiger partial charge in [-0.25, -0.2) is 8.42 Å². The molecule has 1 aliphatic rings. The third-order valence-corrected chi connectivity index (χ3v) is 6.68. The summed E-state index contributed by atoms with van der Waals surface area (Å²) >= 11 is 0. The molecular formula is C19H31ClN2O5S. The number of anilines is 1. The lowest BCUT2D eigenvalue weighted by atomic mass is 9.95. The van der Waals surface area contributed by atoms with Gasteiger partial charge in [-0.3, -0.25) is 4.79 Å². The Balaban J connectivity index is 0.00000392. The highest BCUT2D eigenvalue weighted by Crippen LogP contribution is 2.29. The van der Waals surface area contributed by atoms with Crippen molar-refractivity contribution in [1.29, 1.82) is 0 Å². The molecule has 160 valence electrons. The normalized spacial score (nSPS) is 16.4. The molecule has 1 aliphatic heterocycles. The standard InChI is InChI=1S/C19H30N2O5S.ClH/c1-15(2)26-12-11-25-14-16-5-4-6-17(13-16)21-18(22)19(27(3,23)24)7-9-20-10-8-19;/h4-6,13,15,20H,7-12,14H2,1-3H3,(H,21,22);1H. The van der Waals surface area contributed by atoms with Crippen LogP contribution in [0.5, 0.6) is 0 Å². The molecule has 1 amide bonds. The van der Waals surface area contributed by atoms with Gasteiger partial charge in [0.25, 0.3) is 0 Å². The van der Waals surface area contributed by atoms with Crippen molar-refractivity contribution >= 4 is 33.8 Å². The van der Waals surface area contributed by atoms with Crippen molar-refractivity contribution in [3.8, 4) is 0 Å². The average molecular weight is 435 g/mol. The summed E-state index contributed by atoms with van der Waals surface area (Å²) < 4.78 is 34.3. The third-order valence-electron chi connectivity index (χ3n) is 4.67. The van der Waals surface area contributed by atoms with Crippen LogP contribution in [0.15, 0.2) is 24.3 Å². The number of halogens is 1. The Kier molecular flexibility index (Phi) is 9.86. The van der Waals surface area contributed by atoms with Crippen LogP contribution in [0.25, 0.3) is 0 Å². The van der Waals surface area contributed by atoms with Crippen LogP contribution in [0.1, 0.15) is 32.3 Å². The van der Waals surface area contributed by atoms with Crippen molar-refractivity contribution in [3.63, 3.8) is 0 Å². The summed E-state index contributed by atoms with van der Waals surface area (Å²) in [6.45, 7) is 6.36. The van der Waals surface area contributed by atoms with Crippen molar-refractivity contribution in [2.45, 2.75) is 44.1 Å². The molecule has 0 radical (unpaired) electrons. The molecule has 0 atom stereocenters. The Morgan fingerprint density at radius 2 is 1.93 bits per heavy atom. The zero-order chi connectivity index (χ0) is 19.9. The Hall–Kier alpha value is -1.19. The molecule has 1 fully saturated rings. The predicted octanol–water partition coefficient (Wildman–Crippen LogP) is 2.16. The number of carbonyl (C=O) groups is 1. The Morgan fingerprint density at radius 1 is 1.25 bits per heavy atom. The number of piperidine rings is 1. The first kappa shape index (κ1) is 24.8. The smallest absolute Gasteiger partial charge is 0.245 e. The average Bonchev–Trinajstić information content (AvgIpc) is 2.61. The monoisotopic (exact) mass is 434 g/mol. The van der Waals surface area contributed by atoms with Crippen LogP contribution in [0.2, 0.25) is 0 Å². The van der Waals surface area contributed by atoms with Crippen molar-refractivity contribution in [1.82, 2.24) is 5.32 Å². The number of benzene rings is 1. The molecule has 0 unspecified atom stereocenters. The van der Waals surface area contributed by atoms with E-state index in [1.165, 1.54) is 0 Å². The highest BCUT2D eigenvalue weighted by Gasteiger charge is 2.48. The van der Waals surface area contributed by atoms with Crippen molar-refractivity contribution in [3.05, 3.63) is 29.8 Å². The topological polar surface area (TPSA) is 93.7 Å². The molecule has 1 heterocycles. The number of nitrogens with one attached hydrogen (secondary N) is 2. The van der Waals surface area contributed by atoms with Crippen LogP contribution < -0.4 is 10.6 Å². The molecule has 2 rings (SSSR count). The lowest BCUT2D eigenvalue weighted by molar-refractivity contribution is -0.119. The zero-order valence-corrected chi connectivity index (χ0v) is 18.3. The largest absolute Gasteiger partial charge is 0.376 e. The molecule has 0 spiro atoms. The summed E-state index contributed by atoms with van der Waals surface area (Å²) in [6, 6.07) is 7.27. The fourth-order valence-corrected chi connectivity index (χ4v) is 4.45. The van der Waals surface area contributed by atoms with Gasteiger partial charge >= 0.3 is 0 Å². The quantitative estimate of drug-likeness (QED) is 0.578. The minimum Gasteiger partial charge on any atom is -0.376 e. The number of rotatable bonds is 9. The van der Waals surface area contributed by atoms with Crippen LogP contribution in [0.3, 0.4) is 0 Å². The van der Waals surface area contributed by atoms with Gasteiger partial charge < -0.3 is 20.1 Å². The molecule has 9 heteroatoms. The minimum absolute atomic E-state index is 0. The Bertz CT molecular complexity index is 734. The third kappa shape index (κ3) is 6.70. The fraction of sp³-hybridized carbons (Fsp3) is 0.632. The Morgan fingerprint density at radius 3 is 2.54 bits per heavy atom. The van der Waals surface area contributed by atoms with E-state index in [-0.39, 0.29) is 31.4 Å². The van der Waals surface area contributed by atoms with Crippen LogP contribution >= 0.6 is 12.4 Å². The molecule has 0 aromatic heterocycles. The minimum atomic E-state index is -3.54. The van der Waals surface area contributed by atoms with E-state index in [0.29, 0.717) is 38.6 Å². The number of carbonyl (C=O) groups excluding carboxylic acids is 1. The van der Waals surface area contributed by atoms with Crippen molar-refractivity contribution in [2.75, 3.05) is 37.9 Å². The van der Waals surface area contributed by atoms with Gasteiger partial charge in [0.15, 0.2) is 14.6 Å². The van der Waals surface area contributed by atoms with Gasteiger partial charge in [-0.15, -0.1) is 12.4 Å². The van der Waals surface area contributed by atoms with Crippen LogP contribution in [-0.4, -0.2) is 57.7 Å². The highest BCUT2D eigenvalue weighted by atomic mass is 35.5. The lowest BCUT2D eigenvalue weighted by Gasteiger charge is -2.34. The molecule has 28 heavy (non-hydrogen) atoms. The molecule has 1 saturated heterocycles. The first-order valence-electron chi connectivity index (χ1n) is 9.25. The summed E-state index contributed by atoms with van der Waals surface area (Å²) in [7, 11) is -3.54. The van der Waals surface area contributed by atoms with Crippen LogP contribution in [0, 0.1) is 0 Å². The molecular weight excluding hydrogens is 404 g/mol. The highest BCUT2D eigenvalue weighted by molar-refractivity contribution is 7.92. The number of hydrogen-bond acceptors (Lipinski definition) is 6. The maximum atomic E-state index is 12.8. The number of sulfone groups is 1. The zero-order valence-electron chi connectivity index (χ0n) is 16.7. The van der Waals surface area contributed by atoms with Gasteiger partial charge in [0, 0.05) is 11.9 Å². The first-order valence-corrected chi connectivity index (χ1v) is 11.1. The van der Waals surface area contributed by atoms with Gasteiger partial charge in [-0.05, 0) is 57.5 Å². The molecule has 7 nitrogen and oxygen atoms in total. The number of hydrogen-bond donors (Lipinski definition) is 2. The second kappa shape index (κ2) is 11.1. The SMILES string of the molecule is CC(C)OCCOCc1cccc(NC(=O)C2(S(C)(=O)=O)CCNCC2)c1.Cl. The van der Waals surface area contributed by atoms with E-state index in [9.17, 15) is 13.2 Å². The van der Waals surface area contributed by atoms with E-state index in [4.69, 9.17) is 9.47 Å². The van der Waals surface area contributed by atoms with Crippen molar-refractivity contribution in [2.24, 2.45) is 0 Å². The van der Waals surface area contributed by atoms with Gasteiger partial charge in [0.2, 0.25) is 5.91 Å². The summed E-state index contributed by atoms with van der Waals surface area (Å²) in [5.74, 6) is -0.463. The molecule has 0 saturated carbocycles. The van der Waals surface area contributed by atoms with Gasteiger partial charge in [-0.2, -0.15) is 0 Å². The molecule has 2 N–H and O–H groups in total. The number of ether oxygens (including phenoxy) is 2. The number of amides is 1. The Labute approximate surface area is 173 Å². The summed E-state index contributed by atoms with van der Waals surface area (Å²) in [5, 5.41) is 5.90. The van der Waals surface area contributed by atoms with Crippen molar-refractivity contribution < 1.29 is 22.7 Å². The lowest BCUT2D eigenvalue weighted by Crippen LogP contribution is -2.55. The predicted molar refractivity (Wildman–Crippen MR) is 113 cm³/mol. The maximum Gasteiger partial charge on any atom is 0.245 e. The summed E-state index contributed by atoms with van der Waals surface area (Å²) in [4.78, 5) is 12.8. The van der Waals surface area contributed by atoms with E-state index in [0.717, 1.165) is 11.8 Å². The van der Waals surface area contributed by atoms with E-state index in [2.05, 4.69) is 10.6 Å². The van der Waals surface area contributed by atoms with Gasteiger partial charge in [-0.1, -0.05) is 12.1 Å². The first-order chi connectivity index (χ1) is 12.7. The van der Waals surface area contributed by atoms with E-state index in [1.54, 1.807) is 12.1 Å². The van der Waals surface area contributed by atoms with Crippen LogP contribution in [-0.2, 0) is 30.7 Å². The fourth-order valence-electron chi connectivity index (χ4n) is 3.11. The second-order valence-corrected chi connectivity index (χ2v) is 9.47. The molecule has 1 aromatic rings. The van der Waals surface area contributed by atoms with Gasteiger partial charge in [0.1, 0.15) is 0 Å². The second-order valence-electron chi connectivity index (χ2n) is 7.14.